The molecule has 2 aromatic heterocycles. The summed E-state index contributed by atoms with van der Waals surface area (Å²) in [5, 5.41) is 3.00. The summed E-state index contributed by atoms with van der Waals surface area (Å²) in [5.74, 6) is 1.23. The zero-order valence-corrected chi connectivity index (χ0v) is 18.6. The van der Waals surface area contributed by atoms with Crippen molar-refractivity contribution in [2.24, 2.45) is 0 Å². The van der Waals surface area contributed by atoms with Crippen molar-refractivity contribution in [3.8, 4) is 11.4 Å². The number of imidazole rings is 1. The van der Waals surface area contributed by atoms with E-state index in [2.05, 4.69) is 24.8 Å². The molecule has 0 amide bonds. The van der Waals surface area contributed by atoms with Gasteiger partial charge in [0.15, 0.2) is 0 Å². The Morgan fingerprint density at radius 1 is 1.09 bits per heavy atom. The highest BCUT2D eigenvalue weighted by Gasteiger charge is 2.30. The average Bonchev–Trinajstić information content (AvgIpc) is 3.42. The Bertz CT molecular complexity index is 1220. The molecule has 0 atom stereocenters. The predicted octanol–water partition coefficient (Wildman–Crippen LogP) is 4.35. The summed E-state index contributed by atoms with van der Waals surface area (Å²) in [6, 6.07) is 7.49. The van der Waals surface area contributed by atoms with Gasteiger partial charge in [0.25, 0.3) is 0 Å². The lowest BCUT2D eigenvalue weighted by molar-refractivity contribution is -0.121. The van der Waals surface area contributed by atoms with Crippen LogP contribution < -0.4 is 10.0 Å². The van der Waals surface area contributed by atoms with Gasteiger partial charge in [-0.2, -0.15) is 13.2 Å². The van der Waals surface area contributed by atoms with Gasteiger partial charge in [0, 0.05) is 17.9 Å². The van der Waals surface area contributed by atoms with E-state index in [9.17, 15) is 21.6 Å². The zero-order chi connectivity index (χ0) is 23.6. The highest BCUT2D eigenvalue weighted by Crippen LogP contribution is 2.34. The van der Waals surface area contributed by atoms with Crippen LogP contribution in [0.3, 0.4) is 0 Å². The molecule has 0 bridgehead atoms. The molecule has 1 aliphatic rings. The predicted molar refractivity (Wildman–Crippen MR) is 116 cm³/mol. The summed E-state index contributed by atoms with van der Waals surface area (Å²) < 4.78 is 64.8. The molecule has 1 aliphatic carbocycles. The molecule has 33 heavy (non-hydrogen) atoms. The molecular weight excluding hydrogens is 457 g/mol. The molecule has 1 aromatic carbocycles. The Kier molecular flexibility index (Phi) is 6.39. The van der Waals surface area contributed by atoms with Crippen LogP contribution in [0.4, 0.5) is 24.8 Å². The van der Waals surface area contributed by atoms with Crippen LogP contribution in [-0.4, -0.2) is 40.7 Å². The van der Waals surface area contributed by atoms with E-state index in [1.165, 1.54) is 41.8 Å². The van der Waals surface area contributed by atoms with E-state index in [-0.39, 0.29) is 4.90 Å². The van der Waals surface area contributed by atoms with Crippen molar-refractivity contribution >= 4 is 21.7 Å². The van der Waals surface area contributed by atoms with E-state index >= 15 is 0 Å². The summed E-state index contributed by atoms with van der Waals surface area (Å²) in [4.78, 5) is 13.0. The van der Waals surface area contributed by atoms with Gasteiger partial charge in [0.1, 0.15) is 12.4 Å². The number of nitrogens with zero attached hydrogens (tertiary/aromatic N) is 4. The first-order valence-corrected chi connectivity index (χ1v) is 11.9. The smallest absolute Gasteiger partial charge is 0.324 e. The molecule has 176 valence electrons. The fourth-order valence-corrected chi connectivity index (χ4v) is 4.95. The van der Waals surface area contributed by atoms with Gasteiger partial charge in [0.05, 0.1) is 22.5 Å². The molecule has 2 N–H and O–H groups in total. The van der Waals surface area contributed by atoms with Crippen LogP contribution in [0, 0.1) is 6.92 Å². The van der Waals surface area contributed by atoms with Crippen LogP contribution in [0.5, 0.6) is 0 Å². The summed E-state index contributed by atoms with van der Waals surface area (Å²) in [7, 11) is -4.28. The van der Waals surface area contributed by atoms with Crippen LogP contribution in [0.25, 0.3) is 11.4 Å². The molecule has 1 fully saturated rings. The molecule has 0 saturated heterocycles. The topological polar surface area (TPSA) is 102 Å². The number of alkyl halides is 3. The van der Waals surface area contributed by atoms with E-state index in [0.717, 1.165) is 24.4 Å². The minimum Gasteiger partial charge on any atom is -0.324 e. The number of benzene rings is 1. The second-order valence-corrected chi connectivity index (χ2v) is 9.62. The van der Waals surface area contributed by atoms with Gasteiger partial charge < -0.3 is 9.88 Å². The minimum absolute atomic E-state index is 0.275. The van der Waals surface area contributed by atoms with E-state index in [1.807, 2.05) is 6.92 Å². The van der Waals surface area contributed by atoms with Gasteiger partial charge in [-0.05, 0) is 50.1 Å². The summed E-state index contributed by atoms with van der Waals surface area (Å²) in [6.45, 7) is 0.341. The maximum absolute atomic E-state index is 12.3. The fraction of sp³-hybridized carbons (Fsp3) is 0.381. The quantitative estimate of drug-likeness (QED) is 0.521. The molecule has 12 heteroatoms. The van der Waals surface area contributed by atoms with Gasteiger partial charge in [-0.25, -0.2) is 28.1 Å². The van der Waals surface area contributed by atoms with E-state index in [4.69, 9.17) is 0 Å². The van der Waals surface area contributed by atoms with E-state index < -0.39 is 22.7 Å². The minimum atomic E-state index is -4.64. The maximum atomic E-state index is 12.3. The van der Waals surface area contributed by atoms with E-state index in [1.54, 1.807) is 18.5 Å². The van der Waals surface area contributed by atoms with Crippen LogP contribution in [-0.2, 0) is 10.0 Å². The lowest BCUT2D eigenvalue weighted by Crippen LogP contribution is -2.33. The van der Waals surface area contributed by atoms with Gasteiger partial charge in [-0.15, -0.1) is 0 Å². The third-order valence-corrected chi connectivity index (χ3v) is 6.89. The van der Waals surface area contributed by atoms with Crippen molar-refractivity contribution in [1.29, 1.82) is 0 Å². The fourth-order valence-electron chi connectivity index (χ4n) is 3.93. The maximum Gasteiger partial charge on any atom is 0.402 e. The van der Waals surface area contributed by atoms with Gasteiger partial charge in [-0.3, -0.25) is 0 Å². The monoisotopic (exact) mass is 480 g/mol. The third kappa shape index (κ3) is 5.50. The van der Waals surface area contributed by atoms with Crippen molar-refractivity contribution in [1.82, 2.24) is 24.2 Å². The molecule has 0 radical (unpaired) electrons. The number of aryl methyl sites for hydroxylation is 1. The number of halogens is 3. The third-order valence-electron chi connectivity index (χ3n) is 5.47. The number of sulfonamides is 1. The number of rotatable bonds is 7. The van der Waals surface area contributed by atoms with Crippen LogP contribution in [0.2, 0.25) is 0 Å². The molecule has 2 heterocycles. The molecular formula is C21H23F3N6O2S. The number of anilines is 2. The largest absolute Gasteiger partial charge is 0.402 e. The van der Waals surface area contributed by atoms with Crippen LogP contribution >= 0.6 is 0 Å². The average molecular weight is 481 g/mol. The molecule has 3 aromatic rings. The molecule has 0 unspecified atom stereocenters. The Morgan fingerprint density at radius 2 is 1.79 bits per heavy atom. The van der Waals surface area contributed by atoms with Crippen molar-refractivity contribution < 1.29 is 21.6 Å². The summed E-state index contributed by atoms with van der Waals surface area (Å²) in [6.07, 6.45) is 3.37. The molecule has 0 aliphatic heterocycles. The second-order valence-electron chi connectivity index (χ2n) is 7.85. The summed E-state index contributed by atoms with van der Waals surface area (Å²) in [5.41, 5.74) is 2.10. The molecule has 0 spiro atoms. The number of hydrogen-bond acceptors (Lipinski definition) is 6. The molecule has 8 nitrogen and oxygen atoms in total. The second kappa shape index (κ2) is 9.10. The number of hydrogen-bond donors (Lipinski definition) is 2. The van der Waals surface area contributed by atoms with E-state index in [0.29, 0.717) is 23.4 Å². The highest BCUT2D eigenvalue weighted by atomic mass is 32.2. The van der Waals surface area contributed by atoms with Crippen molar-refractivity contribution in [3.05, 3.63) is 48.5 Å². The number of nitrogens with one attached hydrogen (secondary N) is 2. The van der Waals surface area contributed by atoms with Gasteiger partial charge >= 0.3 is 6.18 Å². The highest BCUT2D eigenvalue weighted by molar-refractivity contribution is 7.89. The Morgan fingerprint density at radius 3 is 2.45 bits per heavy atom. The first-order valence-electron chi connectivity index (χ1n) is 10.4. The lowest BCUT2D eigenvalue weighted by Gasteiger charge is -2.17. The SMILES string of the molecule is Cc1ncc(-c2ccnc(Nc3ccc(S(=O)(=O)NCC(F)(F)F)cc3)n2)n1C1CCCC1. The van der Waals surface area contributed by atoms with Crippen LogP contribution in [0.15, 0.2) is 47.6 Å². The Hall–Kier alpha value is -2.99. The van der Waals surface area contributed by atoms with Crippen molar-refractivity contribution in [2.75, 3.05) is 11.9 Å². The van der Waals surface area contributed by atoms with Crippen molar-refractivity contribution in [2.45, 2.75) is 49.7 Å². The number of aromatic nitrogens is 4. The standard InChI is InChI=1S/C21H23F3N6O2S/c1-14-26-12-19(30(14)16-4-2-3-5-16)18-10-11-25-20(29-18)28-15-6-8-17(9-7-15)33(31,32)27-13-21(22,23)24/h6-12,16,27H,2-5,13H2,1H3,(H,25,28,29). The normalized spacial score (nSPS) is 15.2. The van der Waals surface area contributed by atoms with Gasteiger partial charge in [-0.1, -0.05) is 12.8 Å². The molecule has 1 saturated carbocycles. The summed E-state index contributed by atoms with van der Waals surface area (Å²) >= 11 is 0. The van der Waals surface area contributed by atoms with Crippen LogP contribution in [0.1, 0.15) is 37.5 Å². The lowest BCUT2D eigenvalue weighted by atomic mass is 10.2. The Balaban J connectivity index is 1.51. The van der Waals surface area contributed by atoms with Crippen molar-refractivity contribution in [3.63, 3.8) is 0 Å². The first kappa shape index (κ1) is 23.2. The molecule has 4 rings (SSSR count). The van der Waals surface area contributed by atoms with Gasteiger partial charge in [0.2, 0.25) is 16.0 Å². The zero-order valence-electron chi connectivity index (χ0n) is 17.8. The first-order chi connectivity index (χ1) is 15.6. The Labute approximate surface area is 189 Å².